The van der Waals surface area contributed by atoms with Crippen LogP contribution in [0.4, 0.5) is 0 Å². The molecule has 1 heterocycles. The van der Waals surface area contributed by atoms with Gasteiger partial charge in [0, 0.05) is 18.7 Å². The SMILES string of the molecule is CC(C)[C@@H](NC(=O)c1ccccc1)C(=O)OCC(=O)N1CCCC1. The molecule has 1 aliphatic rings. The zero-order chi connectivity index (χ0) is 17.5. The van der Waals surface area contributed by atoms with Crippen LogP contribution in [0, 0.1) is 5.92 Å². The van der Waals surface area contributed by atoms with Gasteiger partial charge in [-0.3, -0.25) is 9.59 Å². The van der Waals surface area contributed by atoms with Crippen molar-refractivity contribution in [3.05, 3.63) is 35.9 Å². The molecule has 0 aliphatic carbocycles. The van der Waals surface area contributed by atoms with Crippen LogP contribution in [0.1, 0.15) is 37.0 Å². The Balaban J connectivity index is 1.90. The van der Waals surface area contributed by atoms with Crippen molar-refractivity contribution in [2.45, 2.75) is 32.7 Å². The number of likely N-dealkylation sites (tertiary alicyclic amines) is 1. The molecule has 1 aromatic rings. The van der Waals surface area contributed by atoms with Crippen molar-refractivity contribution in [3.63, 3.8) is 0 Å². The maximum atomic E-state index is 12.3. The van der Waals surface area contributed by atoms with Crippen molar-refractivity contribution >= 4 is 17.8 Å². The van der Waals surface area contributed by atoms with Gasteiger partial charge in [-0.2, -0.15) is 0 Å². The third-order valence-corrected chi connectivity index (χ3v) is 4.04. The summed E-state index contributed by atoms with van der Waals surface area (Å²) in [5.74, 6) is -1.25. The summed E-state index contributed by atoms with van der Waals surface area (Å²) in [5.41, 5.74) is 0.476. The van der Waals surface area contributed by atoms with E-state index in [0.29, 0.717) is 5.56 Å². The Morgan fingerprint density at radius 3 is 2.33 bits per heavy atom. The molecule has 0 spiro atoms. The Morgan fingerprint density at radius 1 is 1.12 bits per heavy atom. The predicted molar refractivity (Wildman–Crippen MR) is 89.3 cm³/mol. The number of hydrogen-bond acceptors (Lipinski definition) is 4. The fourth-order valence-electron chi connectivity index (χ4n) is 2.59. The van der Waals surface area contributed by atoms with Crippen molar-refractivity contribution < 1.29 is 19.1 Å². The number of carbonyl (C=O) groups excluding carboxylic acids is 3. The molecule has 1 aliphatic heterocycles. The number of hydrogen-bond donors (Lipinski definition) is 1. The van der Waals surface area contributed by atoms with Crippen LogP contribution >= 0.6 is 0 Å². The largest absolute Gasteiger partial charge is 0.454 e. The summed E-state index contributed by atoms with van der Waals surface area (Å²) in [6.07, 6.45) is 1.98. The first-order valence-electron chi connectivity index (χ1n) is 8.29. The molecule has 130 valence electrons. The van der Waals surface area contributed by atoms with E-state index < -0.39 is 12.0 Å². The second kappa shape index (κ2) is 8.47. The topological polar surface area (TPSA) is 75.7 Å². The lowest BCUT2D eigenvalue weighted by atomic mass is 10.0. The quantitative estimate of drug-likeness (QED) is 0.803. The van der Waals surface area contributed by atoms with E-state index in [-0.39, 0.29) is 24.3 Å². The van der Waals surface area contributed by atoms with Gasteiger partial charge in [0.2, 0.25) is 0 Å². The lowest BCUT2D eigenvalue weighted by molar-refractivity contribution is -0.154. The van der Waals surface area contributed by atoms with Crippen LogP contribution in [-0.2, 0) is 14.3 Å². The van der Waals surface area contributed by atoms with Gasteiger partial charge in [-0.1, -0.05) is 32.0 Å². The summed E-state index contributed by atoms with van der Waals surface area (Å²) in [5, 5.41) is 2.69. The number of esters is 1. The highest BCUT2D eigenvalue weighted by Gasteiger charge is 2.27. The number of ether oxygens (including phenoxy) is 1. The van der Waals surface area contributed by atoms with E-state index in [1.54, 1.807) is 29.2 Å². The number of benzene rings is 1. The maximum Gasteiger partial charge on any atom is 0.329 e. The van der Waals surface area contributed by atoms with E-state index in [9.17, 15) is 14.4 Å². The molecule has 6 heteroatoms. The highest BCUT2D eigenvalue weighted by molar-refractivity contribution is 5.97. The molecule has 24 heavy (non-hydrogen) atoms. The van der Waals surface area contributed by atoms with Gasteiger partial charge in [-0.25, -0.2) is 4.79 Å². The molecule has 1 N–H and O–H groups in total. The number of amides is 2. The first kappa shape index (κ1) is 18.0. The summed E-state index contributed by atoms with van der Waals surface area (Å²) in [6.45, 7) is 4.80. The molecule has 2 rings (SSSR count). The molecular formula is C18H24N2O4. The fourth-order valence-corrected chi connectivity index (χ4v) is 2.59. The van der Waals surface area contributed by atoms with Gasteiger partial charge in [-0.05, 0) is 30.9 Å². The second-order valence-corrected chi connectivity index (χ2v) is 6.26. The van der Waals surface area contributed by atoms with E-state index in [0.717, 1.165) is 25.9 Å². The van der Waals surface area contributed by atoms with Crippen LogP contribution in [0.25, 0.3) is 0 Å². The number of carbonyl (C=O) groups is 3. The molecule has 1 saturated heterocycles. The normalized spacial score (nSPS) is 15.2. The second-order valence-electron chi connectivity index (χ2n) is 6.26. The molecule has 0 bridgehead atoms. The maximum absolute atomic E-state index is 12.3. The Morgan fingerprint density at radius 2 is 1.75 bits per heavy atom. The van der Waals surface area contributed by atoms with Gasteiger partial charge < -0.3 is 15.0 Å². The summed E-state index contributed by atoms with van der Waals surface area (Å²) >= 11 is 0. The molecule has 1 fully saturated rings. The predicted octanol–water partition coefficient (Wildman–Crippen LogP) is 1.61. The number of nitrogens with zero attached hydrogens (tertiary/aromatic N) is 1. The van der Waals surface area contributed by atoms with Gasteiger partial charge in [0.25, 0.3) is 11.8 Å². The van der Waals surface area contributed by atoms with Crippen LogP contribution in [0.15, 0.2) is 30.3 Å². The monoisotopic (exact) mass is 332 g/mol. The molecule has 0 saturated carbocycles. The molecule has 1 aromatic carbocycles. The molecule has 0 aromatic heterocycles. The van der Waals surface area contributed by atoms with E-state index in [2.05, 4.69) is 5.32 Å². The Hall–Kier alpha value is -2.37. The van der Waals surface area contributed by atoms with E-state index in [4.69, 9.17) is 4.74 Å². The van der Waals surface area contributed by atoms with Crippen LogP contribution in [0.5, 0.6) is 0 Å². The van der Waals surface area contributed by atoms with Gasteiger partial charge >= 0.3 is 5.97 Å². The minimum absolute atomic E-state index is 0.146. The minimum Gasteiger partial charge on any atom is -0.454 e. The zero-order valence-electron chi connectivity index (χ0n) is 14.2. The summed E-state index contributed by atoms with van der Waals surface area (Å²) in [6, 6.07) is 7.89. The molecule has 6 nitrogen and oxygen atoms in total. The van der Waals surface area contributed by atoms with Gasteiger partial charge in [0.15, 0.2) is 6.61 Å². The van der Waals surface area contributed by atoms with Crippen molar-refractivity contribution in [1.29, 1.82) is 0 Å². The van der Waals surface area contributed by atoms with Crippen molar-refractivity contribution in [2.24, 2.45) is 5.92 Å². The Labute approximate surface area is 142 Å². The lowest BCUT2D eigenvalue weighted by Crippen LogP contribution is -2.46. The summed E-state index contributed by atoms with van der Waals surface area (Å²) < 4.78 is 5.13. The molecule has 1 atom stereocenters. The van der Waals surface area contributed by atoms with E-state index >= 15 is 0 Å². The zero-order valence-corrected chi connectivity index (χ0v) is 14.2. The molecule has 0 radical (unpaired) electrons. The first-order chi connectivity index (χ1) is 11.5. The lowest BCUT2D eigenvalue weighted by Gasteiger charge is -2.22. The van der Waals surface area contributed by atoms with Crippen molar-refractivity contribution in [1.82, 2.24) is 10.2 Å². The highest BCUT2D eigenvalue weighted by Crippen LogP contribution is 2.09. The van der Waals surface area contributed by atoms with Gasteiger partial charge in [0.1, 0.15) is 6.04 Å². The molecule has 2 amide bonds. The van der Waals surface area contributed by atoms with E-state index in [1.165, 1.54) is 0 Å². The minimum atomic E-state index is -0.788. The summed E-state index contributed by atoms with van der Waals surface area (Å²) in [4.78, 5) is 38.1. The third kappa shape index (κ3) is 4.81. The average Bonchev–Trinajstić information content (AvgIpc) is 3.12. The van der Waals surface area contributed by atoms with Crippen molar-refractivity contribution in [2.75, 3.05) is 19.7 Å². The van der Waals surface area contributed by atoms with Crippen molar-refractivity contribution in [3.8, 4) is 0 Å². The van der Waals surface area contributed by atoms with Crippen LogP contribution in [0.3, 0.4) is 0 Å². The standard InChI is InChI=1S/C18H24N2O4/c1-13(2)16(19-17(22)14-8-4-3-5-9-14)18(23)24-12-15(21)20-10-6-7-11-20/h3-5,8-9,13,16H,6-7,10-12H2,1-2H3,(H,19,22)/t16-/m1/s1. The average molecular weight is 332 g/mol. The van der Waals surface area contributed by atoms with Crippen LogP contribution in [-0.4, -0.2) is 48.4 Å². The number of rotatable bonds is 6. The Kier molecular flexibility index (Phi) is 6.35. The molecular weight excluding hydrogens is 308 g/mol. The van der Waals surface area contributed by atoms with Gasteiger partial charge in [0.05, 0.1) is 0 Å². The van der Waals surface area contributed by atoms with E-state index in [1.807, 2.05) is 19.9 Å². The smallest absolute Gasteiger partial charge is 0.329 e. The van der Waals surface area contributed by atoms with Crippen LogP contribution in [0.2, 0.25) is 0 Å². The Bertz CT molecular complexity index is 580. The third-order valence-electron chi connectivity index (χ3n) is 4.04. The summed E-state index contributed by atoms with van der Waals surface area (Å²) in [7, 11) is 0. The molecule has 0 unspecified atom stereocenters. The highest BCUT2D eigenvalue weighted by atomic mass is 16.5. The van der Waals surface area contributed by atoms with Gasteiger partial charge in [-0.15, -0.1) is 0 Å². The fraction of sp³-hybridized carbons (Fsp3) is 0.500. The number of nitrogens with one attached hydrogen (secondary N) is 1. The van der Waals surface area contributed by atoms with Crippen LogP contribution < -0.4 is 5.32 Å². The first-order valence-corrected chi connectivity index (χ1v) is 8.29.